The predicted molar refractivity (Wildman–Crippen MR) is 117 cm³/mol. The van der Waals surface area contributed by atoms with Crippen LogP contribution in [0.15, 0.2) is 48.5 Å². The van der Waals surface area contributed by atoms with Gasteiger partial charge >= 0.3 is 0 Å². The van der Waals surface area contributed by atoms with Crippen LogP contribution in [0, 0.1) is 5.92 Å². The number of halogens is 1. The Labute approximate surface area is 179 Å². The first-order valence-corrected chi connectivity index (χ1v) is 10.5. The number of hydrogen-bond donors (Lipinski definition) is 1. The van der Waals surface area contributed by atoms with Crippen LogP contribution >= 0.6 is 11.6 Å². The molecule has 1 aromatic heterocycles. The summed E-state index contributed by atoms with van der Waals surface area (Å²) in [5.41, 5.74) is 1.99. The largest absolute Gasteiger partial charge is 0.368 e. The lowest BCUT2D eigenvalue weighted by atomic mass is 10.1. The van der Waals surface area contributed by atoms with Gasteiger partial charge in [0.25, 0.3) is 0 Å². The number of aromatic nitrogens is 2. The molecule has 3 aromatic rings. The minimum Gasteiger partial charge on any atom is -0.368 e. The topological polar surface area (TPSA) is 72.5 Å². The third kappa shape index (κ3) is 3.39. The van der Waals surface area contributed by atoms with Gasteiger partial charge in [0.1, 0.15) is 0 Å². The summed E-state index contributed by atoms with van der Waals surface area (Å²) in [5, 5.41) is 8.90. The van der Waals surface area contributed by atoms with Gasteiger partial charge in [0, 0.05) is 55.2 Å². The zero-order valence-electron chi connectivity index (χ0n) is 16.4. The first kappa shape index (κ1) is 18.9. The second kappa shape index (κ2) is 7.65. The van der Waals surface area contributed by atoms with Crippen LogP contribution in [-0.2, 0) is 9.59 Å². The molecule has 8 heteroatoms. The Bertz CT molecular complexity index is 1090. The number of rotatable bonds is 3. The molecule has 3 heterocycles. The number of anilines is 2. The molecule has 0 unspecified atom stereocenters. The molecule has 5 rings (SSSR count). The van der Waals surface area contributed by atoms with E-state index in [2.05, 4.69) is 15.1 Å². The van der Waals surface area contributed by atoms with Crippen molar-refractivity contribution in [2.24, 2.45) is 5.92 Å². The lowest BCUT2D eigenvalue weighted by Gasteiger charge is -2.37. The van der Waals surface area contributed by atoms with Crippen LogP contribution in [0.1, 0.15) is 6.42 Å². The Hall–Kier alpha value is -3.06. The molecule has 2 aliphatic rings. The van der Waals surface area contributed by atoms with Gasteiger partial charge in [-0.3, -0.25) is 19.6 Å². The van der Waals surface area contributed by atoms with Crippen molar-refractivity contribution in [1.29, 1.82) is 0 Å². The Morgan fingerprint density at radius 1 is 1.03 bits per heavy atom. The van der Waals surface area contributed by atoms with Gasteiger partial charge in [0.15, 0.2) is 5.82 Å². The first-order valence-electron chi connectivity index (χ1n) is 10.1. The minimum atomic E-state index is -0.324. The molecule has 7 nitrogen and oxygen atoms in total. The van der Waals surface area contributed by atoms with Crippen molar-refractivity contribution in [3.05, 3.63) is 53.6 Å². The highest BCUT2D eigenvalue weighted by Gasteiger charge is 2.39. The third-order valence-electron chi connectivity index (χ3n) is 5.96. The summed E-state index contributed by atoms with van der Waals surface area (Å²) in [6, 6.07) is 15.5. The predicted octanol–water partition coefficient (Wildman–Crippen LogP) is 2.92. The van der Waals surface area contributed by atoms with E-state index < -0.39 is 0 Å². The molecule has 0 bridgehead atoms. The summed E-state index contributed by atoms with van der Waals surface area (Å²) in [4.78, 5) is 31.5. The van der Waals surface area contributed by atoms with E-state index in [0.717, 1.165) is 29.7 Å². The van der Waals surface area contributed by atoms with E-state index >= 15 is 0 Å². The standard InChI is InChI=1S/C22H22ClN5O2/c23-16-5-7-17(8-6-16)26-9-11-27(12-10-26)22(30)15-13-20(29)28(14-15)21-18-3-1-2-4-19(18)24-25-21/h1-8,15H,9-14H2,(H,24,25)/t15-/m0/s1. The average molecular weight is 424 g/mol. The smallest absolute Gasteiger partial charge is 0.229 e. The normalized spacial score (nSPS) is 19.7. The zero-order chi connectivity index (χ0) is 20.7. The summed E-state index contributed by atoms with van der Waals surface area (Å²) < 4.78 is 0. The minimum absolute atomic E-state index is 0.0506. The van der Waals surface area contributed by atoms with Gasteiger partial charge < -0.3 is 9.80 Å². The first-order chi connectivity index (χ1) is 14.6. The number of fused-ring (bicyclic) bond motifs is 1. The van der Waals surface area contributed by atoms with E-state index in [-0.39, 0.29) is 24.2 Å². The van der Waals surface area contributed by atoms with E-state index in [1.807, 2.05) is 53.4 Å². The number of nitrogens with zero attached hydrogens (tertiary/aromatic N) is 4. The summed E-state index contributed by atoms with van der Waals surface area (Å²) in [6.07, 6.45) is 0.234. The third-order valence-corrected chi connectivity index (χ3v) is 6.22. The lowest BCUT2D eigenvalue weighted by Crippen LogP contribution is -2.50. The molecule has 2 fully saturated rings. The number of H-pyrrole nitrogens is 1. The number of carbonyl (C=O) groups excluding carboxylic acids is 2. The number of amides is 2. The summed E-state index contributed by atoms with van der Waals surface area (Å²) in [7, 11) is 0. The quantitative estimate of drug-likeness (QED) is 0.703. The molecule has 0 radical (unpaired) electrons. The SMILES string of the molecule is O=C([C@H]1CC(=O)N(c2n[nH]c3ccccc23)C1)N1CCN(c2ccc(Cl)cc2)CC1. The van der Waals surface area contributed by atoms with Gasteiger partial charge in [-0.15, -0.1) is 0 Å². The number of hydrogen-bond acceptors (Lipinski definition) is 4. The van der Waals surface area contributed by atoms with Crippen LogP contribution in [0.5, 0.6) is 0 Å². The molecule has 0 spiro atoms. The van der Waals surface area contributed by atoms with Crippen molar-refractivity contribution in [2.45, 2.75) is 6.42 Å². The second-order valence-electron chi connectivity index (χ2n) is 7.79. The van der Waals surface area contributed by atoms with E-state index in [1.54, 1.807) is 4.90 Å². The molecule has 2 aromatic carbocycles. The van der Waals surface area contributed by atoms with Crippen molar-refractivity contribution in [3.8, 4) is 0 Å². The highest BCUT2D eigenvalue weighted by Crippen LogP contribution is 2.30. The van der Waals surface area contributed by atoms with Crippen LogP contribution < -0.4 is 9.80 Å². The molecular weight excluding hydrogens is 402 g/mol. The average Bonchev–Trinajstić information content (AvgIpc) is 3.37. The van der Waals surface area contributed by atoms with Gasteiger partial charge in [-0.1, -0.05) is 23.7 Å². The molecule has 1 N–H and O–H groups in total. The van der Waals surface area contributed by atoms with Gasteiger partial charge in [-0.2, -0.15) is 5.10 Å². The maximum atomic E-state index is 13.1. The van der Waals surface area contributed by atoms with Gasteiger partial charge in [0.05, 0.1) is 11.4 Å². The van der Waals surface area contributed by atoms with Crippen molar-refractivity contribution in [2.75, 3.05) is 42.5 Å². The van der Waals surface area contributed by atoms with Crippen molar-refractivity contribution >= 4 is 45.8 Å². The van der Waals surface area contributed by atoms with Crippen molar-refractivity contribution in [1.82, 2.24) is 15.1 Å². The fraction of sp³-hybridized carbons (Fsp3) is 0.318. The van der Waals surface area contributed by atoms with Gasteiger partial charge in [-0.05, 0) is 36.4 Å². The van der Waals surface area contributed by atoms with Gasteiger partial charge in [-0.25, -0.2) is 0 Å². The molecule has 1 atom stereocenters. The number of aromatic amines is 1. The molecule has 30 heavy (non-hydrogen) atoms. The van der Waals surface area contributed by atoms with Crippen LogP contribution in [-0.4, -0.2) is 59.6 Å². The number of benzene rings is 2. The fourth-order valence-electron chi connectivity index (χ4n) is 4.33. The number of nitrogens with one attached hydrogen (secondary N) is 1. The van der Waals surface area contributed by atoms with E-state index in [4.69, 9.17) is 11.6 Å². The molecule has 154 valence electrons. The summed E-state index contributed by atoms with van der Waals surface area (Å²) in [5.74, 6) is 0.292. The van der Waals surface area contributed by atoms with Crippen molar-refractivity contribution < 1.29 is 9.59 Å². The summed E-state index contributed by atoms with van der Waals surface area (Å²) in [6.45, 7) is 3.21. The Kier molecular flexibility index (Phi) is 4.83. The molecular formula is C22H22ClN5O2. The van der Waals surface area contributed by atoms with Crippen LogP contribution in [0.4, 0.5) is 11.5 Å². The molecule has 2 amide bonds. The number of para-hydroxylation sites is 1. The maximum absolute atomic E-state index is 13.1. The van der Waals surface area contributed by atoms with Crippen LogP contribution in [0.3, 0.4) is 0 Å². The molecule has 0 aliphatic carbocycles. The van der Waals surface area contributed by atoms with Crippen LogP contribution in [0.2, 0.25) is 5.02 Å². The Morgan fingerprint density at radius 2 is 1.77 bits per heavy atom. The Morgan fingerprint density at radius 3 is 2.53 bits per heavy atom. The van der Waals surface area contributed by atoms with E-state index in [9.17, 15) is 9.59 Å². The second-order valence-corrected chi connectivity index (χ2v) is 8.22. The molecule has 2 saturated heterocycles. The molecule has 0 saturated carbocycles. The zero-order valence-corrected chi connectivity index (χ0v) is 17.2. The Balaban J connectivity index is 1.24. The monoisotopic (exact) mass is 423 g/mol. The van der Waals surface area contributed by atoms with Gasteiger partial charge in [0.2, 0.25) is 11.8 Å². The highest BCUT2D eigenvalue weighted by molar-refractivity contribution is 6.30. The fourth-order valence-corrected chi connectivity index (χ4v) is 4.45. The lowest BCUT2D eigenvalue weighted by molar-refractivity contribution is -0.136. The number of carbonyl (C=O) groups is 2. The van der Waals surface area contributed by atoms with Crippen LogP contribution in [0.25, 0.3) is 10.9 Å². The number of piperazine rings is 1. The molecule has 2 aliphatic heterocycles. The maximum Gasteiger partial charge on any atom is 0.229 e. The highest BCUT2D eigenvalue weighted by atomic mass is 35.5. The van der Waals surface area contributed by atoms with Crippen molar-refractivity contribution in [3.63, 3.8) is 0 Å². The van der Waals surface area contributed by atoms with E-state index in [1.165, 1.54) is 0 Å². The summed E-state index contributed by atoms with van der Waals surface area (Å²) >= 11 is 5.97. The van der Waals surface area contributed by atoms with E-state index in [0.29, 0.717) is 30.5 Å².